The van der Waals surface area contributed by atoms with Crippen molar-refractivity contribution in [3.05, 3.63) is 33.8 Å². The molecule has 0 aromatic heterocycles. The van der Waals surface area contributed by atoms with Gasteiger partial charge in [0.2, 0.25) is 5.96 Å². The van der Waals surface area contributed by atoms with E-state index in [2.05, 4.69) is 20.4 Å². The Morgan fingerprint density at radius 2 is 2.18 bits per heavy atom. The predicted molar refractivity (Wildman–Crippen MR) is 70.0 cm³/mol. The van der Waals surface area contributed by atoms with Crippen LogP contribution >= 0.6 is 23.2 Å². The first kappa shape index (κ1) is 10.9. The van der Waals surface area contributed by atoms with Crippen LogP contribution in [0.25, 0.3) is 0 Å². The van der Waals surface area contributed by atoms with Gasteiger partial charge in [0.25, 0.3) is 0 Å². The van der Waals surface area contributed by atoms with Crippen molar-refractivity contribution in [3.8, 4) is 0 Å². The molecular weight excluding hydrogens is 259 g/mol. The highest BCUT2D eigenvalue weighted by atomic mass is 35.5. The van der Waals surface area contributed by atoms with Crippen molar-refractivity contribution < 1.29 is 0 Å². The van der Waals surface area contributed by atoms with Gasteiger partial charge in [-0.25, -0.2) is 10.4 Å². The molecule has 0 amide bonds. The number of fused-ring (bicyclic) bond motifs is 1. The van der Waals surface area contributed by atoms with Gasteiger partial charge in [0.15, 0.2) is 0 Å². The number of guanidine groups is 1. The number of nitrogens with one attached hydrogen (secondary N) is 1. The minimum atomic E-state index is 0.623. The summed E-state index contributed by atoms with van der Waals surface area (Å²) in [7, 11) is 0. The van der Waals surface area contributed by atoms with Crippen LogP contribution in [0, 0.1) is 0 Å². The monoisotopic (exact) mass is 268 g/mol. The van der Waals surface area contributed by atoms with Crippen LogP contribution in [0.5, 0.6) is 0 Å². The molecule has 2 aliphatic heterocycles. The molecule has 88 valence electrons. The van der Waals surface area contributed by atoms with Crippen LogP contribution < -0.4 is 5.43 Å². The van der Waals surface area contributed by atoms with Crippen molar-refractivity contribution in [2.75, 3.05) is 19.6 Å². The molecule has 0 atom stereocenters. The summed E-state index contributed by atoms with van der Waals surface area (Å²) in [5, 5.41) is 5.55. The molecule has 3 rings (SSSR count). The quantitative estimate of drug-likeness (QED) is 0.846. The normalized spacial score (nSPS) is 18.4. The number of hydrogen-bond donors (Lipinski definition) is 1. The van der Waals surface area contributed by atoms with Gasteiger partial charge >= 0.3 is 0 Å². The van der Waals surface area contributed by atoms with E-state index in [0.29, 0.717) is 10.0 Å². The number of nitrogens with zero attached hydrogens (tertiary/aromatic N) is 3. The average molecular weight is 269 g/mol. The van der Waals surface area contributed by atoms with Gasteiger partial charge < -0.3 is 4.90 Å². The van der Waals surface area contributed by atoms with Crippen molar-refractivity contribution in [2.45, 2.75) is 0 Å². The molecule has 0 fully saturated rings. The van der Waals surface area contributed by atoms with Crippen molar-refractivity contribution in [1.82, 2.24) is 10.3 Å². The second-order valence-corrected chi connectivity index (χ2v) is 4.76. The lowest BCUT2D eigenvalue weighted by molar-refractivity contribution is 0.490. The second-order valence-electron chi connectivity index (χ2n) is 3.92. The molecule has 6 heteroatoms. The van der Waals surface area contributed by atoms with Gasteiger partial charge in [-0.15, -0.1) is 0 Å². The molecule has 2 heterocycles. The van der Waals surface area contributed by atoms with Gasteiger partial charge in [-0.3, -0.25) is 0 Å². The van der Waals surface area contributed by atoms with E-state index < -0.39 is 0 Å². The molecule has 4 nitrogen and oxygen atoms in total. The molecule has 0 spiro atoms. The SMILES string of the molecule is Clc1ccc(C2=NNC3=NCCN3C2)c(Cl)c1. The first-order valence-electron chi connectivity index (χ1n) is 5.31. The zero-order chi connectivity index (χ0) is 11.8. The Labute approximate surface area is 109 Å². The van der Waals surface area contributed by atoms with Crippen LogP contribution in [0.1, 0.15) is 5.56 Å². The highest BCUT2D eigenvalue weighted by Crippen LogP contribution is 2.23. The van der Waals surface area contributed by atoms with Crippen molar-refractivity contribution >= 4 is 34.9 Å². The molecule has 1 N–H and O–H groups in total. The number of benzene rings is 1. The highest BCUT2D eigenvalue weighted by Gasteiger charge is 2.24. The molecule has 0 bridgehead atoms. The van der Waals surface area contributed by atoms with Crippen LogP contribution in [0.3, 0.4) is 0 Å². The molecule has 2 aliphatic rings. The van der Waals surface area contributed by atoms with Crippen LogP contribution in [0.15, 0.2) is 28.3 Å². The minimum Gasteiger partial charge on any atom is -0.334 e. The first-order valence-corrected chi connectivity index (χ1v) is 6.07. The zero-order valence-corrected chi connectivity index (χ0v) is 10.5. The topological polar surface area (TPSA) is 40.0 Å². The van der Waals surface area contributed by atoms with Gasteiger partial charge in [0.05, 0.1) is 23.8 Å². The van der Waals surface area contributed by atoms with Crippen molar-refractivity contribution in [3.63, 3.8) is 0 Å². The fourth-order valence-corrected chi connectivity index (χ4v) is 2.46. The Hall–Kier alpha value is -1.26. The van der Waals surface area contributed by atoms with Gasteiger partial charge in [-0.2, -0.15) is 5.10 Å². The average Bonchev–Trinajstić information content (AvgIpc) is 2.75. The molecule has 17 heavy (non-hydrogen) atoms. The number of aliphatic imine (C=N–C) groups is 1. The van der Waals surface area contributed by atoms with E-state index in [9.17, 15) is 0 Å². The molecule has 1 aromatic rings. The first-order chi connectivity index (χ1) is 8.24. The fourth-order valence-electron chi connectivity index (χ4n) is 1.95. The lowest BCUT2D eigenvalue weighted by Crippen LogP contribution is -2.44. The third kappa shape index (κ3) is 1.98. The second kappa shape index (κ2) is 4.20. The summed E-state index contributed by atoms with van der Waals surface area (Å²) in [5.74, 6) is 0.846. The van der Waals surface area contributed by atoms with Crippen LogP contribution in [-0.2, 0) is 0 Å². The van der Waals surface area contributed by atoms with Gasteiger partial charge in [0, 0.05) is 17.1 Å². The van der Waals surface area contributed by atoms with E-state index >= 15 is 0 Å². The summed E-state index contributed by atoms with van der Waals surface area (Å²) in [4.78, 5) is 6.44. The van der Waals surface area contributed by atoms with E-state index in [-0.39, 0.29) is 0 Å². The number of rotatable bonds is 1. The predicted octanol–water partition coefficient (Wildman–Crippen LogP) is 1.97. The van der Waals surface area contributed by atoms with Crippen molar-refractivity contribution in [1.29, 1.82) is 0 Å². The fraction of sp³-hybridized carbons (Fsp3) is 0.273. The maximum atomic E-state index is 6.16. The van der Waals surface area contributed by atoms with E-state index in [0.717, 1.165) is 36.9 Å². The van der Waals surface area contributed by atoms with Gasteiger partial charge in [-0.1, -0.05) is 29.3 Å². The highest BCUT2D eigenvalue weighted by molar-refractivity contribution is 6.37. The largest absolute Gasteiger partial charge is 0.334 e. The molecule has 0 aliphatic carbocycles. The Bertz CT molecular complexity index is 524. The minimum absolute atomic E-state index is 0.623. The van der Waals surface area contributed by atoms with Crippen LogP contribution in [0.4, 0.5) is 0 Å². The third-order valence-electron chi connectivity index (χ3n) is 2.80. The molecule has 0 saturated carbocycles. The zero-order valence-electron chi connectivity index (χ0n) is 8.95. The Morgan fingerprint density at radius 3 is 3.00 bits per heavy atom. The van der Waals surface area contributed by atoms with Crippen molar-refractivity contribution in [2.24, 2.45) is 10.1 Å². The van der Waals surface area contributed by atoms with E-state index in [1.807, 2.05) is 12.1 Å². The summed E-state index contributed by atoms with van der Waals surface area (Å²) in [6, 6.07) is 5.44. The molecular formula is C11H10Cl2N4. The Kier molecular flexibility index (Phi) is 2.68. The maximum Gasteiger partial charge on any atom is 0.215 e. The third-order valence-corrected chi connectivity index (χ3v) is 3.35. The number of halogens is 2. The summed E-state index contributed by atoms with van der Waals surface area (Å²) < 4.78 is 0. The van der Waals surface area contributed by atoms with Gasteiger partial charge in [0.1, 0.15) is 0 Å². The van der Waals surface area contributed by atoms with Gasteiger partial charge in [-0.05, 0) is 12.1 Å². The van der Waals surface area contributed by atoms with Crippen LogP contribution in [-0.4, -0.2) is 36.2 Å². The molecule has 0 unspecified atom stereocenters. The molecule has 0 radical (unpaired) electrons. The molecule has 1 aromatic carbocycles. The molecule has 0 saturated heterocycles. The maximum absolute atomic E-state index is 6.16. The lowest BCUT2D eigenvalue weighted by atomic mass is 10.1. The van der Waals surface area contributed by atoms with E-state index in [1.165, 1.54) is 0 Å². The smallest absolute Gasteiger partial charge is 0.215 e. The standard InChI is InChI=1S/C11H10Cl2N4/c12-7-1-2-8(9(13)5-7)10-6-17-4-3-14-11(17)16-15-10/h1-2,5H,3-4,6H2,(H,14,16). The van der Waals surface area contributed by atoms with E-state index in [1.54, 1.807) is 6.07 Å². The Balaban J connectivity index is 1.92. The van der Waals surface area contributed by atoms with E-state index in [4.69, 9.17) is 23.2 Å². The summed E-state index contributed by atoms with van der Waals surface area (Å²) >= 11 is 12.0. The number of hydrazone groups is 1. The summed E-state index contributed by atoms with van der Waals surface area (Å²) in [5.41, 5.74) is 4.77. The summed E-state index contributed by atoms with van der Waals surface area (Å²) in [6.07, 6.45) is 0. The summed E-state index contributed by atoms with van der Waals surface area (Å²) in [6.45, 7) is 2.47. The van der Waals surface area contributed by atoms with Crippen LogP contribution in [0.2, 0.25) is 10.0 Å². The number of hydrogen-bond acceptors (Lipinski definition) is 4. The Morgan fingerprint density at radius 1 is 1.29 bits per heavy atom. The lowest BCUT2D eigenvalue weighted by Gasteiger charge is -2.25.